The largest absolute Gasteiger partial charge is 0.369 e. The first-order valence-corrected chi connectivity index (χ1v) is 12.4. The van der Waals surface area contributed by atoms with Crippen LogP contribution in [0.15, 0.2) is 53.4 Å². The third-order valence-electron chi connectivity index (χ3n) is 5.55. The fourth-order valence-corrected chi connectivity index (χ4v) is 6.00. The van der Waals surface area contributed by atoms with E-state index in [9.17, 15) is 13.2 Å². The number of hydrogen-bond donors (Lipinski definition) is 2. The van der Waals surface area contributed by atoms with Gasteiger partial charge < -0.3 is 15.5 Å². The number of anilines is 1. The fourth-order valence-electron chi connectivity index (χ4n) is 3.92. The molecule has 1 aliphatic rings. The van der Waals surface area contributed by atoms with E-state index in [2.05, 4.69) is 15.5 Å². The Kier molecular flexibility index (Phi) is 7.89. The number of benzene rings is 2. The van der Waals surface area contributed by atoms with Crippen molar-refractivity contribution in [2.45, 2.75) is 30.4 Å². The van der Waals surface area contributed by atoms with Crippen molar-refractivity contribution in [2.75, 3.05) is 37.6 Å². The standard InChI is InChI=1S/C24H30N4O3S/c1-18(2)17-23(24(29)27-12-11-25)32(30,31)22-6-4-3-5-21(22)19-7-9-20(10-8-19)28-15-13-26-14-16-28/h3-10,18,23,26H,12-17H2,1-2H3,(H,27,29). The lowest BCUT2D eigenvalue weighted by molar-refractivity contribution is -0.120. The summed E-state index contributed by atoms with van der Waals surface area (Å²) in [5.41, 5.74) is 2.45. The molecule has 0 saturated carbocycles. The summed E-state index contributed by atoms with van der Waals surface area (Å²) in [7, 11) is -3.98. The predicted octanol–water partition coefficient (Wildman–Crippen LogP) is 2.59. The summed E-state index contributed by atoms with van der Waals surface area (Å²) in [5.74, 6) is -0.641. The van der Waals surface area contributed by atoms with Gasteiger partial charge in [0.1, 0.15) is 11.8 Å². The van der Waals surface area contributed by atoms with E-state index in [0.717, 1.165) is 37.4 Å². The number of hydrogen-bond acceptors (Lipinski definition) is 6. The zero-order valence-electron chi connectivity index (χ0n) is 18.5. The van der Waals surface area contributed by atoms with Gasteiger partial charge in [-0.1, -0.05) is 44.2 Å². The van der Waals surface area contributed by atoms with Crippen LogP contribution in [0.3, 0.4) is 0 Å². The van der Waals surface area contributed by atoms with E-state index in [1.54, 1.807) is 24.3 Å². The average Bonchev–Trinajstić information content (AvgIpc) is 2.81. The van der Waals surface area contributed by atoms with E-state index in [0.29, 0.717) is 5.56 Å². The first-order chi connectivity index (χ1) is 15.3. The van der Waals surface area contributed by atoms with Crippen molar-refractivity contribution in [2.24, 2.45) is 5.92 Å². The summed E-state index contributed by atoms with van der Waals surface area (Å²) in [5, 5.41) is 13.3. The molecule has 0 aliphatic carbocycles. The van der Waals surface area contributed by atoms with Gasteiger partial charge in [-0.2, -0.15) is 5.26 Å². The molecule has 1 fully saturated rings. The van der Waals surface area contributed by atoms with Crippen LogP contribution in [-0.2, 0) is 14.6 Å². The van der Waals surface area contributed by atoms with Gasteiger partial charge in [0.2, 0.25) is 5.91 Å². The number of rotatable bonds is 8. The maximum atomic E-state index is 13.6. The fraction of sp³-hybridized carbons (Fsp3) is 0.417. The van der Waals surface area contributed by atoms with Crippen molar-refractivity contribution in [3.8, 4) is 17.2 Å². The van der Waals surface area contributed by atoms with Gasteiger partial charge >= 0.3 is 0 Å². The van der Waals surface area contributed by atoms with Crippen LogP contribution in [0.5, 0.6) is 0 Å². The molecule has 1 atom stereocenters. The number of carbonyl (C=O) groups is 1. The van der Waals surface area contributed by atoms with Gasteiger partial charge in [0, 0.05) is 37.4 Å². The van der Waals surface area contributed by atoms with E-state index in [1.807, 2.05) is 44.2 Å². The number of sulfone groups is 1. The molecular formula is C24H30N4O3S. The molecule has 170 valence electrons. The summed E-state index contributed by atoms with van der Waals surface area (Å²) in [6.45, 7) is 7.26. The van der Waals surface area contributed by atoms with Crippen molar-refractivity contribution in [1.82, 2.24) is 10.6 Å². The number of nitrogens with zero attached hydrogens (tertiary/aromatic N) is 2. The predicted molar refractivity (Wildman–Crippen MR) is 126 cm³/mol. The van der Waals surface area contributed by atoms with Gasteiger partial charge in [0.25, 0.3) is 0 Å². The lowest BCUT2D eigenvalue weighted by Gasteiger charge is -2.29. The molecule has 1 saturated heterocycles. The summed E-state index contributed by atoms with van der Waals surface area (Å²) < 4.78 is 27.2. The van der Waals surface area contributed by atoms with Crippen LogP contribution in [0.2, 0.25) is 0 Å². The van der Waals surface area contributed by atoms with E-state index < -0.39 is 21.0 Å². The molecule has 3 rings (SSSR count). The zero-order valence-corrected chi connectivity index (χ0v) is 19.4. The molecule has 1 amide bonds. The molecule has 0 bridgehead atoms. The highest BCUT2D eigenvalue weighted by molar-refractivity contribution is 7.93. The van der Waals surface area contributed by atoms with E-state index in [-0.39, 0.29) is 23.8 Å². The van der Waals surface area contributed by atoms with E-state index >= 15 is 0 Å². The topological polar surface area (TPSA) is 102 Å². The van der Waals surface area contributed by atoms with Crippen LogP contribution in [-0.4, -0.2) is 52.3 Å². The zero-order chi connectivity index (χ0) is 23.1. The quantitative estimate of drug-likeness (QED) is 0.595. The van der Waals surface area contributed by atoms with Crippen molar-refractivity contribution < 1.29 is 13.2 Å². The average molecular weight is 455 g/mol. The molecule has 8 heteroatoms. The molecule has 7 nitrogen and oxygen atoms in total. The molecule has 2 aromatic carbocycles. The Morgan fingerprint density at radius 1 is 1.12 bits per heavy atom. The Morgan fingerprint density at radius 3 is 2.41 bits per heavy atom. The third-order valence-corrected chi connectivity index (χ3v) is 7.67. The Bertz CT molecular complexity index is 1070. The third kappa shape index (κ3) is 5.47. The lowest BCUT2D eigenvalue weighted by atomic mass is 10.0. The summed E-state index contributed by atoms with van der Waals surface area (Å²) in [6, 6.07) is 16.5. The normalized spacial score (nSPS) is 15.2. The second kappa shape index (κ2) is 10.6. The van der Waals surface area contributed by atoms with Gasteiger partial charge in [-0.05, 0) is 36.1 Å². The minimum Gasteiger partial charge on any atom is -0.369 e. The second-order valence-electron chi connectivity index (χ2n) is 8.32. The van der Waals surface area contributed by atoms with Gasteiger partial charge in [-0.3, -0.25) is 4.79 Å². The molecule has 1 aliphatic heterocycles. The van der Waals surface area contributed by atoms with Crippen LogP contribution >= 0.6 is 0 Å². The number of piperazine rings is 1. The van der Waals surface area contributed by atoms with Crippen molar-refractivity contribution in [3.63, 3.8) is 0 Å². The number of nitriles is 1. The smallest absolute Gasteiger partial charge is 0.239 e. The van der Waals surface area contributed by atoms with Crippen LogP contribution in [0, 0.1) is 17.2 Å². The second-order valence-corrected chi connectivity index (χ2v) is 10.4. The number of nitrogens with one attached hydrogen (secondary N) is 2. The molecule has 0 spiro atoms. The molecular weight excluding hydrogens is 424 g/mol. The summed E-state index contributed by atoms with van der Waals surface area (Å²) >= 11 is 0. The van der Waals surface area contributed by atoms with Gasteiger partial charge in [-0.25, -0.2) is 8.42 Å². The minimum atomic E-state index is -3.98. The summed E-state index contributed by atoms with van der Waals surface area (Å²) in [4.78, 5) is 15.1. The SMILES string of the molecule is CC(C)CC(C(=O)NCC#N)S(=O)(=O)c1ccccc1-c1ccc(N2CCNCC2)cc1. The van der Waals surface area contributed by atoms with Gasteiger partial charge in [0.05, 0.1) is 11.0 Å². The van der Waals surface area contributed by atoms with Gasteiger partial charge in [-0.15, -0.1) is 0 Å². The molecule has 1 unspecified atom stereocenters. The van der Waals surface area contributed by atoms with Crippen LogP contribution in [0.25, 0.3) is 11.1 Å². The molecule has 2 aromatic rings. The first-order valence-electron chi connectivity index (χ1n) is 10.9. The molecule has 32 heavy (non-hydrogen) atoms. The number of amides is 1. The highest BCUT2D eigenvalue weighted by atomic mass is 32.2. The van der Waals surface area contributed by atoms with Gasteiger partial charge in [0.15, 0.2) is 9.84 Å². The molecule has 0 radical (unpaired) electrons. The van der Waals surface area contributed by atoms with E-state index in [1.165, 1.54) is 0 Å². The Morgan fingerprint density at radius 2 is 1.78 bits per heavy atom. The highest BCUT2D eigenvalue weighted by Gasteiger charge is 2.36. The maximum Gasteiger partial charge on any atom is 0.239 e. The lowest BCUT2D eigenvalue weighted by Crippen LogP contribution is -2.43. The highest BCUT2D eigenvalue weighted by Crippen LogP contribution is 2.32. The first kappa shape index (κ1) is 23.8. The molecule has 1 heterocycles. The van der Waals surface area contributed by atoms with Crippen LogP contribution < -0.4 is 15.5 Å². The van der Waals surface area contributed by atoms with Crippen LogP contribution in [0.4, 0.5) is 5.69 Å². The summed E-state index contributed by atoms with van der Waals surface area (Å²) in [6.07, 6.45) is 0.176. The van der Waals surface area contributed by atoms with Crippen LogP contribution in [0.1, 0.15) is 20.3 Å². The minimum absolute atomic E-state index is 0.00640. The van der Waals surface area contributed by atoms with Crippen molar-refractivity contribution >= 4 is 21.4 Å². The Balaban J connectivity index is 1.96. The Labute approximate surface area is 190 Å². The van der Waals surface area contributed by atoms with Crippen molar-refractivity contribution in [1.29, 1.82) is 5.26 Å². The van der Waals surface area contributed by atoms with E-state index in [4.69, 9.17) is 5.26 Å². The molecule has 0 aromatic heterocycles. The molecule has 2 N–H and O–H groups in total. The monoisotopic (exact) mass is 454 g/mol. The maximum absolute atomic E-state index is 13.6. The number of carbonyl (C=O) groups excluding carboxylic acids is 1. The van der Waals surface area contributed by atoms with Crippen molar-refractivity contribution in [3.05, 3.63) is 48.5 Å². The Hall–Kier alpha value is -2.89.